The molecule has 128 valence electrons. The van der Waals surface area contributed by atoms with E-state index in [1.165, 1.54) is 12.8 Å². The Hall–Kier alpha value is -2.04. The van der Waals surface area contributed by atoms with Crippen molar-refractivity contribution in [1.82, 2.24) is 10.6 Å². The highest BCUT2D eigenvalue weighted by Crippen LogP contribution is 2.27. The molecule has 4 nitrogen and oxygen atoms in total. The Morgan fingerprint density at radius 3 is 2.33 bits per heavy atom. The van der Waals surface area contributed by atoms with Crippen molar-refractivity contribution < 1.29 is 9.53 Å². The number of carbonyl (C=O) groups is 1. The fraction of sp³-hybridized carbons (Fsp3) is 0.316. The molecule has 1 amide bonds. The minimum absolute atomic E-state index is 0. The van der Waals surface area contributed by atoms with Crippen molar-refractivity contribution in [2.75, 3.05) is 13.1 Å². The molecule has 2 aromatic rings. The highest BCUT2D eigenvalue weighted by atomic mass is 35.5. The number of carbonyl (C=O) groups excluding carboxylic acids is 1. The van der Waals surface area contributed by atoms with Gasteiger partial charge >= 0.3 is 0 Å². The van der Waals surface area contributed by atoms with Gasteiger partial charge in [0, 0.05) is 6.54 Å². The molecule has 2 N–H and O–H groups in total. The van der Waals surface area contributed by atoms with E-state index in [1.54, 1.807) is 0 Å². The second-order valence-electron chi connectivity index (χ2n) is 5.91. The number of amides is 1. The summed E-state index contributed by atoms with van der Waals surface area (Å²) < 4.78 is 5.74. The molecule has 1 aliphatic rings. The molecular weight excluding hydrogens is 324 g/mol. The van der Waals surface area contributed by atoms with Gasteiger partial charge in [0.2, 0.25) is 5.91 Å². The van der Waals surface area contributed by atoms with E-state index in [9.17, 15) is 4.79 Å². The van der Waals surface area contributed by atoms with Crippen molar-refractivity contribution >= 4 is 18.3 Å². The summed E-state index contributed by atoms with van der Waals surface area (Å²) in [4.78, 5) is 11.7. The van der Waals surface area contributed by atoms with Gasteiger partial charge in [-0.05, 0) is 55.1 Å². The van der Waals surface area contributed by atoms with E-state index in [2.05, 4.69) is 10.6 Å². The number of benzene rings is 2. The molecule has 0 saturated heterocycles. The Morgan fingerprint density at radius 2 is 1.67 bits per heavy atom. The van der Waals surface area contributed by atoms with Gasteiger partial charge in [0.15, 0.2) is 0 Å². The number of hydrogen-bond acceptors (Lipinski definition) is 3. The van der Waals surface area contributed by atoms with E-state index >= 15 is 0 Å². The molecular formula is C19H23ClN2O2. The van der Waals surface area contributed by atoms with Crippen LogP contribution in [-0.4, -0.2) is 19.0 Å². The zero-order valence-electron chi connectivity index (χ0n) is 13.5. The average Bonchev–Trinajstić information content (AvgIpc) is 3.39. The van der Waals surface area contributed by atoms with Crippen molar-refractivity contribution in [3.63, 3.8) is 0 Å². The molecule has 5 heteroatoms. The van der Waals surface area contributed by atoms with Crippen LogP contribution in [0.15, 0.2) is 54.6 Å². The van der Waals surface area contributed by atoms with Crippen LogP contribution in [0.2, 0.25) is 0 Å². The fourth-order valence-electron chi connectivity index (χ4n) is 2.27. The summed E-state index contributed by atoms with van der Waals surface area (Å²) in [5.41, 5.74) is 1.06. The SMILES string of the molecule is Cl.O=C(CNCC1CC1)NCc1ccc(Oc2ccccc2)cc1. The fourth-order valence-corrected chi connectivity index (χ4v) is 2.27. The van der Waals surface area contributed by atoms with Gasteiger partial charge in [-0.1, -0.05) is 30.3 Å². The van der Waals surface area contributed by atoms with Crippen molar-refractivity contribution in [2.45, 2.75) is 19.4 Å². The summed E-state index contributed by atoms with van der Waals surface area (Å²) in [5.74, 6) is 2.43. The van der Waals surface area contributed by atoms with Crippen LogP contribution >= 0.6 is 12.4 Å². The van der Waals surface area contributed by atoms with Gasteiger partial charge in [-0.2, -0.15) is 0 Å². The number of hydrogen-bond donors (Lipinski definition) is 2. The van der Waals surface area contributed by atoms with Crippen LogP contribution in [0.5, 0.6) is 11.5 Å². The molecule has 0 spiro atoms. The van der Waals surface area contributed by atoms with Gasteiger partial charge in [-0.25, -0.2) is 0 Å². The lowest BCUT2D eigenvalue weighted by Gasteiger charge is -2.08. The van der Waals surface area contributed by atoms with E-state index in [0.717, 1.165) is 29.5 Å². The molecule has 0 aliphatic heterocycles. The van der Waals surface area contributed by atoms with Crippen LogP contribution in [0.1, 0.15) is 18.4 Å². The molecule has 0 aromatic heterocycles. The van der Waals surface area contributed by atoms with Crippen LogP contribution in [0, 0.1) is 5.92 Å². The third kappa shape index (κ3) is 6.22. The Balaban J connectivity index is 0.00000208. The number of halogens is 1. The second-order valence-corrected chi connectivity index (χ2v) is 5.91. The van der Waals surface area contributed by atoms with Crippen LogP contribution in [-0.2, 0) is 11.3 Å². The third-order valence-electron chi connectivity index (χ3n) is 3.81. The zero-order valence-corrected chi connectivity index (χ0v) is 14.4. The van der Waals surface area contributed by atoms with Crippen molar-refractivity contribution in [2.24, 2.45) is 5.92 Å². The van der Waals surface area contributed by atoms with Gasteiger partial charge < -0.3 is 15.4 Å². The lowest BCUT2D eigenvalue weighted by molar-refractivity contribution is -0.120. The highest BCUT2D eigenvalue weighted by Gasteiger charge is 2.20. The number of para-hydroxylation sites is 1. The summed E-state index contributed by atoms with van der Waals surface area (Å²) in [6, 6.07) is 17.4. The molecule has 24 heavy (non-hydrogen) atoms. The van der Waals surface area contributed by atoms with E-state index in [4.69, 9.17) is 4.74 Å². The van der Waals surface area contributed by atoms with Gasteiger partial charge in [-0.3, -0.25) is 4.79 Å². The standard InChI is InChI=1S/C19H22N2O2.ClH/c22-19(14-20-12-15-6-7-15)21-13-16-8-10-18(11-9-16)23-17-4-2-1-3-5-17;/h1-5,8-11,15,20H,6-7,12-14H2,(H,21,22);1H. The first-order valence-corrected chi connectivity index (χ1v) is 8.09. The largest absolute Gasteiger partial charge is 0.457 e. The Kier molecular flexibility index (Phi) is 7.09. The molecule has 0 bridgehead atoms. The monoisotopic (exact) mass is 346 g/mol. The predicted octanol–water partition coefficient (Wildman–Crippen LogP) is 3.52. The molecule has 3 rings (SSSR count). The number of rotatable bonds is 8. The Labute approximate surface area is 149 Å². The Morgan fingerprint density at radius 1 is 1.00 bits per heavy atom. The van der Waals surface area contributed by atoms with Crippen LogP contribution in [0.25, 0.3) is 0 Å². The molecule has 0 radical (unpaired) electrons. The lowest BCUT2D eigenvalue weighted by Crippen LogP contribution is -2.34. The van der Waals surface area contributed by atoms with E-state index in [0.29, 0.717) is 13.1 Å². The van der Waals surface area contributed by atoms with Crippen molar-refractivity contribution in [3.05, 3.63) is 60.2 Å². The maximum absolute atomic E-state index is 11.7. The minimum atomic E-state index is 0. The minimum Gasteiger partial charge on any atom is -0.457 e. The lowest BCUT2D eigenvalue weighted by atomic mass is 10.2. The predicted molar refractivity (Wildman–Crippen MR) is 97.6 cm³/mol. The van der Waals surface area contributed by atoms with E-state index in [-0.39, 0.29) is 18.3 Å². The number of ether oxygens (including phenoxy) is 1. The topological polar surface area (TPSA) is 50.4 Å². The van der Waals surface area contributed by atoms with Crippen molar-refractivity contribution in [3.8, 4) is 11.5 Å². The van der Waals surface area contributed by atoms with Crippen molar-refractivity contribution in [1.29, 1.82) is 0 Å². The summed E-state index contributed by atoms with van der Waals surface area (Å²) in [6.07, 6.45) is 2.60. The Bertz CT molecular complexity index is 628. The molecule has 1 saturated carbocycles. The quantitative estimate of drug-likeness (QED) is 0.769. The smallest absolute Gasteiger partial charge is 0.234 e. The van der Waals surface area contributed by atoms with Crippen LogP contribution in [0.3, 0.4) is 0 Å². The van der Waals surface area contributed by atoms with Crippen LogP contribution in [0.4, 0.5) is 0 Å². The normalized spacial score (nSPS) is 13.0. The third-order valence-corrected chi connectivity index (χ3v) is 3.81. The summed E-state index contributed by atoms with van der Waals surface area (Å²) in [6.45, 7) is 1.89. The maximum atomic E-state index is 11.7. The van der Waals surface area contributed by atoms with Gasteiger partial charge in [0.05, 0.1) is 6.54 Å². The van der Waals surface area contributed by atoms with Gasteiger partial charge in [0.1, 0.15) is 11.5 Å². The summed E-state index contributed by atoms with van der Waals surface area (Å²) in [5, 5.41) is 6.11. The zero-order chi connectivity index (χ0) is 15.9. The molecule has 1 aliphatic carbocycles. The van der Waals surface area contributed by atoms with E-state index < -0.39 is 0 Å². The second kappa shape index (κ2) is 9.30. The molecule has 2 aromatic carbocycles. The number of nitrogens with one attached hydrogen (secondary N) is 2. The average molecular weight is 347 g/mol. The molecule has 0 atom stereocenters. The summed E-state index contributed by atoms with van der Waals surface area (Å²) in [7, 11) is 0. The van der Waals surface area contributed by atoms with Gasteiger partial charge in [0.25, 0.3) is 0 Å². The highest BCUT2D eigenvalue weighted by molar-refractivity contribution is 5.85. The first-order chi connectivity index (χ1) is 11.3. The molecule has 0 heterocycles. The summed E-state index contributed by atoms with van der Waals surface area (Å²) >= 11 is 0. The molecule has 0 unspecified atom stereocenters. The first-order valence-electron chi connectivity index (χ1n) is 8.09. The molecule has 1 fully saturated rings. The van der Waals surface area contributed by atoms with Gasteiger partial charge in [-0.15, -0.1) is 12.4 Å². The maximum Gasteiger partial charge on any atom is 0.234 e. The first kappa shape index (κ1) is 18.3. The van der Waals surface area contributed by atoms with E-state index in [1.807, 2.05) is 54.6 Å². The van der Waals surface area contributed by atoms with Crippen LogP contribution < -0.4 is 15.4 Å².